The Morgan fingerprint density at radius 2 is 1.86 bits per heavy atom. The second-order valence-electron chi connectivity index (χ2n) is 6.27. The van der Waals surface area contributed by atoms with Crippen molar-refractivity contribution in [2.75, 3.05) is 39.3 Å². The predicted octanol–water partition coefficient (Wildman–Crippen LogP) is 2.31. The summed E-state index contributed by atoms with van der Waals surface area (Å²) in [5.41, 5.74) is 0. The van der Waals surface area contributed by atoms with E-state index >= 15 is 0 Å². The lowest BCUT2D eigenvalue weighted by molar-refractivity contribution is -0.132. The largest absolute Gasteiger partial charge is 0.357 e. The fourth-order valence-electron chi connectivity index (χ4n) is 3.19. The first-order valence-corrected chi connectivity index (χ1v) is 8.51. The molecule has 128 valence electrons. The average Bonchev–Trinajstić information content (AvgIpc) is 3.00. The van der Waals surface area contributed by atoms with Crippen LogP contribution in [-0.2, 0) is 4.79 Å². The molecule has 1 N–H and O–H groups in total. The van der Waals surface area contributed by atoms with Crippen molar-refractivity contribution in [3.8, 4) is 0 Å². The highest BCUT2D eigenvalue weighted by atomic mass is 127. The molecule has 6 heteroatoms. The summed E-state index contributed by atoms with van der Waals surface area (Å²) in [4.78, 5) is 21.2. The molecule has 2 fully saturated rings. The monoisotopic (exact) mass is 422 g/mol. The lowest BCUT2D eigenvalue weighted by Gasteiger charge is -2.31. The van der Waals surface area contributed by atoms with Gasteiger partial charge in [0, 0.05) is 39.1 Å². The molecule has 0 aromatic heterocycles. The van der Waals surface area contributed by atoms with Gasteiger partial charge in [-0.1, -0.05) is 6.92 Å². The van der Waals surface area contributed by atoms with Crippen molar-refractivity contribution in [2.24, 2.45) is 10.9 Å². The van der Waals surface area contributed by atoms with Crippen LogP contribution in [0.2, 0.25) is 0 Å². The Hall–Kier alpha value is -0.530. The van der Waals surface area contributed by atoms with Crippen LogP contribution in [0.1, 0.15) is 46.0 Å². The molecule has 2 aliphatic rings. The van der Waals surface area contributed by atoms with Crippen LogP contribution in [-0.4, -0.2) is 60.9 Å². The van der Waals surface area contributed by atoms with Crippen LogP contribution in [0.4, 0.5) is 0 Å². The van der Waals surface area contributed by atoms with E-state index in [1.807, 2.05) is 4.90 Å². The van der Waals surface area contributed by atoms with Crippen molar-refractivity contribution in [3.05, 3.63) is 0 Å². The van der Waals surface area contributed by atoms with Gasteiger partial charge in [-0.3, -0.25) is 9.79 Å². The van der Waals surface area contributed by atoms with Gasteiger partial charge in [0.15, 0.2) is 5.96 Å². The number of carbonyl (C=O) groups is 1. The lowest BCUT2D eigenvalue weighted by atomic mass is 10.00. The van der Waals surface area contributed by atoms with E-state index in [9.17, 15) is 4.79 Å². The maximum absolute atomic E-state index is 12.2. The van der Waals surface area contributed by atoms with Crippen LogP contribution in [0.25, 0.3) is 0 Å². The van der Waals surface area contributed by atoms with Crippen LogP contribution in [0.5, 0.6) is 0 Å². The molecule has 22 heavy (non-hydrogen) atoms. The highest BCUT2D eigenvalue weighted by molar-refractivity contribution is 14.0. The molecule has 2 heterocycles. The quantitative estimate of drug-likeness (QED) is 0.430. The number of guanidine groups is 1. The smallest absolute Gasteiger partial charge is 0.224 e. The third kappa shape index (κ3) is 5.93. The molecule has 0 bridgehead atoms. The van der Waals surface area contributed by atoms with E-state index in [4.69, 9.17) is 0 Å². The molecule has 1 unspecified atom stereocenters. The number of halogens is 1. The highest BCUT2D eigenvalue weighted by Crippen LogP contribution is 2.16. The van der Waals surface area contributed by atoms with Gasteiger partial charge in [0.1, 0.15) is 0 Å². The zero-order valence-corrected chi connectivity index (χ0v) is 16.3. The number of piperidine rings is 1. The number of nitrogens with one attached hydrogen (secondary N) is 1. The first-order chi connectivity index (χ1) is 10.2. The molecule has 0 aliphatic carbocycles. The highest BCUT2D eigenvalue weighted by Gasteiger charge is 2.20. The second-order valence-corrected chi connectivity index (χ2v) is 6.27. The molecule has 5 nitrogen and oxygen atoms in total. The molecule has 0 radical (unpaired) electrons. The van der Waals surface area contributed by atoms with Crippen molar-refractivity contribution in [3.63, 3.8) is 0 Å². The lowest BCUT2D eigenvalue weighted by Crippen LogP contribution is -2.41. The van der Waals surface area contributed by atoms with Gasteiger partial charge in [-0.05, 0) is 38.5 Å². The van der Waals surface area contributed by atoms with Crippen molar-refractivity contribution >= 4 is 35.8 Å². The summed E-state index contributed by atoms with van der Waals surface area (Å²) in [5.74, 6) is 1.89. The van der Waals surface area contributed by atoms with E-state index in [-0.39, 0.29) is 29.9 Å². The summed E-state index contributed by atoms with van der Waals surface area (Å²) in [6.07, 6.45) is 5.42. The van der Waals surface area contributed by atoms with Gasteiger partial charge in [0.25, 0.3) is 0 Å². The van der Waals surface area contributed by atoms with Gasteiger partial charge in [-0.15, -0.1) is 24.0 Å². The molecule has 0 saturated carbocycles. The maximum atomic E-state index is 12.2. The summed E-state index contributed by atoms with van der Waals surface area (Å²) in [7, 11) is 0. The van der Waals surface area contributed by atoms with Gasteiger partial charge < -0.3 is 15.1 Å². The standard InChI is InChI=1S/C16H30N4O.HI/c1-3-17-16(19-10-4-5-11-19)18-9-8-15(21)20-12-6-7-14(2)13-20;/h14H,3-13H2,1-2H3,(H,17,18);1H. The van der Waals surface area contributed by atoms with Crippen LogP contribution in [0, 0.1) is 5.92 Å². The number of nitrogens with zero attached hydrogens (tertiary/aromatic N) is 3. The summed E-state index contributed by atoms with van der Waals surface area (Å²) < 4.78 is 0. The molecule has 1 amide bonds. The van der Waals surface area contributed by atoms with Gasteiger partial charge in [-0.2, -0.15) is 0 Å². The Kier molecular flexibility index (Phi) is 9.12. The van der Waals surface area contributed by atoms with Crippen molar-refractivity contribution in [1.29, 1.82) is 0 Å². The van der Waals surface area contributed by atoms with E-state index in [1.165, 1.54) is 19.3 Å². The maximum Gasteiger partial charge on any atom is 0.224 e. The normalized spacial score (nSPS) is 22.5. The minimum Gasteiger partial charge on any atom is -0.357 e. The first kappa shape index (κ1) is 19.5. The minimum absolute atomic E-state index is 0. The third-order valence-corrected chi connectivity index (χ3v) is 4.34. The van der Waals surface area contributed by atoms with Gasteiger partial charge in [0.2, 0.25) is 5.91 Å². The second kappa shape index (κ2) is 10.3. The Bertz CT molecular complexity index is 369. The van der Waals surface area contributed by atoms with Crippen molar-refractivity contribution in [2.45, 2.75) is 46.0 Å². The van der Waals surface area contributed by atoms with Crippen LogP contribution < -0.4 is 5.32 Å². The first-order valence-electron chi connectivity index (χ1n) is 8.51. The molecular formula is C16H31IN4O. The number of amides is 1. The van der Waals surface area contributed by atoms with Crippen molar-refractivity contribution < 1.29 is 4.79 Å². The van der Waals surface area contributed by atoms with Crippen LogP contribution >= 0.6 is 24.0 Å². The Balaban J connectivity index is 0.00000242. The SMILES string of the molecule is CCNC(=NCCC(=O)N1CCCC(C)C1)N1CCCC1.I. The van der Waals surface area contributed by atoms with E-state index in [0.29, 0.717) is 18.9 Å². The summed E-state index contributed by atoms with van der Waals surface area (Å²) in [5, 5.41) is 3.34. The summed E-state index contributed by atoms with van der Waals surface area (Å²) in [6, 6.07) is 0. The molecular weight excluding hydrogens is 391 g/mol. The summed E-state index contributed by atoms with van der Waals surface area (Å²) >= 11 is 0. The Morgan fingerprint density at radius 3 is 2.50 bits per heavy atom. The van der Waals surface area contributed by atoms with Gasteiger partial charge >= 0.3 is 0 Å². The fourth-order valence-corrected chi connectivity index (χ4v) is 3.19. The molecule has 1 atom stereocenters. The number of hydrogen-bond donors (Lipinski definition) is 1. The molecule has 0 spiro atoms. The Labute approximate surface area is 151 Å². The van der Waals surface area contributed by atoms with Gasteiger partial charge in [0.05, 0.1) is 6.54 Å². The number of rotatable bonds is 4. The zero-order valence-electron chi connectivity index (χ0n) is 14.0. The predicted molar refractivity (Wildman–Crippen MR) is 102 cm³/mol. The van der Waals surface area contributed by atoms with E-state index < -0.39 is 0 Å². The molecule has 0 aromatic rings. The zero-order chi connectivity index (χ0) is 15.1. The third-order valence-electron chi connectivity index (χ3n) is 4.34. The molecule has 2 saturated heterocycles. The average molecular weight is 422 g/mol. The number of hydrogen-bond acceptors (Lipinski definition) is 2. The molecule has 2 rings (SSSR count). The number of carbonyl (C=O) groups excluding carboxylic acids is 1. The number of likely N-dealkylation sites (tertiary alicyclic amines) is 2. The van der Waals surface area contributed by atoms with E-state index in [0.717, 1.165) is 45.1 Å². The van der Waals surface area contributed by atoms with Crippen molar-refractivity contribution in [1.82, 2.24) is 15.1 Å². The fraction of sp³-hybridized carbons (Fsp3) is 0.875. The minimum atomic E-state index is 0. The van der Waals surface area contributed by atoms with E-state index in [1.54, 1.807) is 0 Å². The summed E-state index contributed by atoms with van der Waals surface area (Å²) in [6.45, 7) is 9.83. The topological polar surface area (TPSA) is 47.9 Å². The molecule has 0 aromatic carbocycles. The van der Waals surface area contributed by atoms with E-state index in [2.05, 4.69) is 29.1 Å². The van der Waals surface area contributed by atoms with Crippen LogP contribution in [0.3, 0.4) is 0 Å². The Morgan fingerprint density at radius 1 is 1.18 bits per heavy atom. The number of aliphatic imine (C=N–C) groups is 1. The van der Waals surface area contributed by atoms with Gasteiger partial charge in [-0.25, -0.2) is 0 Å². The van der Waals surface area contributed by atoms with Crippen LogP contribution in [0.15, 0.2) is 4.99 Å². The molecule has 2 aliphatic heterocycles.